The maximum atomic E-state index is 13.1. The number of aromatic nitrogens is 5. The van der Waals surface area contributed by atoms with Gasteiger partial charge in [0.25, 0.3) is 5.91 Å². The molecule has 32 heavy (non-hydrogen) atoms. The fourth-order valence-corrected chi connectivity index (χ4v) is 4.06. The summed E-state index contributed by atoms with van der Waals surface area (Å²) in [6.45, 7) is 0. The Morgan fingerprint density at radius 3 is 2.56 bits per heavy atom. The first-order valence-electron chi connectivity index (χ1n) is 10.1. The molecule has 160 valence electrons. The standard InChI is InChI=1S/C23H18ClFN6O/c24-18-3-1-2-4-20(18)31-21(29-30-22(31)19-9-10-26-13-27-19)15-11-17(12-15)28-23(32)14-5-7-16(25)8-6-14/h1-10,13,15,17H,11-12H2,(H,28,32)/t15-,17-. The molecule has 1 saturated carbocycles. The van der Waals surface area contributed by atoms with Crippen LogP contribution in [-0.4, -0.2) is 36.7 Å². The molecule has 2 heterocycles. The number of benzene rings is 2. The van der Waals surface area contributed by atoms with Gasteiger partial charge in [0, 0.05) is 23.7 Å². The van der Waals surface area contributed by atoms with Gasteiger partial charge in [-0.3, -0.25) is 9.36 Å². The average Bonchev–Trinajstić information content (AvgIpc) is 3.21. The molecular weight excluding hydrogens is 431 g/mol. The van der Waals surface area contributed by atoms with Crippen LogP contribution in [0.25, 0.3) is 17.2 Å². The molecule has 9 heteroatoms. The summed E-state index contributed by atoms with van der Waals surface area (Å²) in [4.78, 5) is 20.7. The van der Waals surface area contributed by atoms with E-state index in [9.17, 15) is 9.18 Å². The molecular formula is C23H18ClFN6O. The van der Waals surface area contributed by atoms with E-state index >= 15 is 0 Å². The fraction of sp³-hybridized carbons (Fsp3) is 0.174. The van der Waals surface area contributed by atoms with Crippen LogP contribution < -0.4 is 5.32 Å². The van der Waals surface area contributed by atoms with Crippen molar-refractivity contribution in [1.82, 2.24) is 30.0 Å². The first-order chi connectivity index (χ1) is 15.6. The minimum atomic E-state index is -0.372. The Bertz CT molecular complexity index is 1260. The molecule has 1 N–H and O–H groups in total. The second-order valence-electron chi connectivity index (χ2n) is 7.61. The summed E-state index contributed by atoms with van der Waals surface area (Å²) in [7, 11) is 0. The van der Waals surface area contributed by atoms with E-state index < -0.39 is 0 Å². The number of nitrogens with one attached hydrogen (secondary N) is 1. The van der Waals surface area contributed by atoms with Gasteiger partial charge in [-0.2, -0.15) is 0 Å². The Labute approximate surface area is 188 Å². The van der Waals surface area contributed by atoms with Crippen molar-refractivity contribution in [3.05, 3.63) is 89.3 Å². The highest BCUT2D eigenvalue weighted by Gasteiger charge is 2.36. The van der Waals surface area contributed by atoms with Crippen LogP contribution in [0.4, 0.5) is 4.39 Å². The average molecular weight is 449 g/mol. The van der Waals surface area contributed by atoms with Crippen molar-refractivity contribution in [2.45, 2.75) is 24.8 Å². The van der Waals surface area contributed by atoms with Gasteiger partial charge < -0.3 is 5.32 Å². The Kier molecular flexibility index (Phi) is 5.36. The van der Waals surface area contributed by atoms with E-state index in [1.807, 2.05) is 28.8 Å². The number of hydrogen-bond acceptors (Lipinski definition) is 5. The zero-order valence-corrected chi connectivity index (χ0v) is 17.6. The molecule has 0 aliphatic heterocycles. The van der Waals surface area contributed by atoms with Crippen LogP contribution in [0, 0.1) is 5.82 Å². The molecule has 0 unspecified atom stereocenters. The van der Waals surface area contributed by atoms with Crippen molar-refractivity contribution in [2.24, 2.45) is 0 Å². The van der Waals surface area contributed by atoms with Gasteiger partial charge in [-0.05, 0) is 55.3 Å². The van der Waals surface area contributed by atoms with Crippen LogP contribution in [-0.2, 0) is 0 Å². The molecule has 7 nitrogen and oxygen atoms in total. The Morgan fingerprint density at radius 2 is 1.84 bits per heavy atom. The molecule has 0 spiro atoms. The van der Waals surface area contributed by atoms with Crippen molar-refractivity contribution in [1.29, 1.82) is 0 Å². The Balaban J connectivity index is 1.39. The normalized spacial score (nSPS) is 17.6. The van der Waals surface area contributed by atoms with Gasteiger partial charge in [-0.25, -0.2) is 14.4 Å². The highest BCUT2D eigenvalue weighted by Crippen LogP contribution is 2.39. The summed E-state index contributed by atoms with van der Waals surface area (Å²) >= 11 is 6.50. The van der Waals surface area contributed by atoms with Gasteiger partial charge >= 0.3 is 0 Å². The van der Waals surface area contributed by atoms with E-state index in [-0.39, 0.29) is 23.7 Å². The first-order valence-corrected chi connectivity index (χ1v) is 10.5. The molecule has 0 bridgehead atoms. The molecule has 1 aliphatic carbocycles. The van der Waals surface area contributed by atoms with Crippen LogP contribution >= 0.6 is 11.6 Å². The number of carbonyl (C=O) groups excluding carboxylic acids is 1. The SMILES string of the molecule is O=C(N[C@H]1C[C@H](c2nnc(-c3ccncn3)n2-c2ccccc2Cl)C1)c1ccc(F)cc1. The van der Waals surface area contributed by atoms with E-state index in [0.717, 1.165) is 11.5 Å². The Hall–Kier alpha value is -3.65. The topological polar surface area (TPSA) is 85.6 Å². The van der Waals surface area contributed by atoms with Gasteiger partial charge in [-0.15, -0.1) is 10.2 Å². The largest absolute Gasteiger partial charge is 0.349 e. The fourth-order valence-electron chi connectivity index (χ4n) is 3.84. The summed E-state index contributed by atoms with van der Waals surface area (Å²) in [5.41, 5.74) is 1.83. The third-order valence-electron chi connectivity index (χ3n) is 5.54. The van der Waals surface area contributed by atoms with E-state index in [2.05, 4.69) is 25.5 Å². The monoisotopic (exact) mass is 448 g/mol. The summed E-state index contributed by atoms with van der Waals surface area (Å²) in [6.07, 6.45) is 4.53. The molecule has 4 aromatic rings. The molecule has 2 aromatic carbocycles. The van der Waals surface area contributed by atoms with Crippen LogP contribution in [0.2, 0.25) is 5.02 Å². The maximum absolute atomic E-state index is 13.1. The van der Waals surface area contributed by atoms with Crippen molar-refractivity contribution >= 4 is 17.5 Å². The summed E-state index contributed by atoms with van der Waals surface area (Å²) in [5, 5.41) is 12.4. The number of halogens is 2. The number of para-hydroxylation sites is 1. The summed E-state index contributed by atoms with van der Waals surface area (Å²) in [6, 6.07) is 14.8. The number of nitrogens with zero attached hydrogens (tertiary/aromatic N) is 5. The van der Waals surface area contributed by atoms with Crippen molar-refractivity contribution in [3.63, 3.8) is 0 Å². The van der Waals surface area contributed by atoms with Gasteiger partial charge in [0.2, 0.25) is 0 Å². The quantitative estimate of drug-likeness (QED) is 0.494. The van der Waals surface area contributed by atoms with Gasteiger partial charge in [0.1, 0.15) is 23.7 Å². The molecule has 5 rings (SSSR count). The molecule has 0 atom stereocenters. The first kappa shape index (κ1) is 20.3. The summed E-state index contributed by atoms with van der Waals surface area (Å²) in [5.74, 6) is 0.840. The minimum Gasteiger partial charge on any atom is -0.349 e. The van der Waals surface area contributed by atoms with E-state index in [1.165, 1.54) is 30.6 Å². The van der Waals surface area contributed by atoms with Gasteiger partial charge in [0.05, 0.1) is 10.7 Å². The number of rotatable bonds is 5. The van der Waals surface area contributed by atoms with Crippen LogP contribution in [0.5, 0.6) is 0 Å². The predicted octanol–water partition coefficient (Wildman–Crippen LogP) is 4.19. The second kappa shape index (κ2) is 8.47. The highest BCUT2D eigenvalue weighted by molar-refractivity contribution is 6.32. The van der Waals surface area contributed by atoms with Crippen LogP contribution in [0.15, 0.2) is 67.1 Å². The predicted molar refractivity (Wildman–Crippen MR) is 117 cm³/mol. The van der Waals surface area contributed by atoms with Gasteiger partial charge in [0.15, 0.2) is 5.82 Å². The van der Waals surface area contributed by atoms with Crippen LogP contribution in [0.3, 0.4) is 0 Å². The molecule has 1 fully saturated rings. The lowest BCUT2D eigenvalue weighted by molar-refractivity contribution is 0.0907. The minimum absolute atomic E-state index is 0.00329. The maximum Gasteiger partial charge on any atom is 0.251 e. The van der Waals surface area contributed by atoms with Crippen molar-refractivity contribution < 1.29 is 9.18 Å². The lowest BCUT2D eigenvalue weighted by atomic mass is 9.79. The van der Waals surface area contributed by atoms with Crippen LogP contribution in [0.1, 0.15) is 34.9 Å². The van der Waals surface area contributed by atoms with E-state index in [0.29, 0.717) is 34.9 Å². The van der Waals surface area contributed by atoms with Gasteiger partial charge in [-0.1, -0.05) is 23.7 Å². The third-order valence-corrected chi connectivity index (χ3v) is 5.86. The molecule has 0 radical (unpaired) electrons. The lowest BCUT2D eigenvalue weighted by Gasteiger charge is -2.35. The molecule has 0 saturated heterocycles. The number of carbonyl (C=O) groups is 1. The Morgan fingerprint density at radius 1 is 1.06 bits per heavy atom. The van der Waals surface area contributed by atoms with Crippen molar-refractivity contribution in [3.8, 4) is 17.2 Å². The second-order valence-corrected chi connectivity index (χ2v) is 8.02. The number of hydrogen-bond donors (Lipinski definition) is 1. The lowest BCUT2D eigenvalue weighted by Crippen LogP contribution is -2.44. The third kappa shape index (κ3) is 3.85. The van der Waals surface area contributed by atoms with E-state index in [4.69, 9.17) is 11.6 Å². The van der Waals surface area contributed by atoms with Crippen molar-refractivity contribution in [2.75, 3.05) is 0 Å². The molecule has 1 amide bonds. The smallest absolute Gasteiger partial charge is 0.251 e. The summed E-state index contributed by atoms with van der Waals surface area (Å²) < 4.78 is 15.0. The molecule has 2 aromatic heterocycles. The van der Waals surface area contributed by atoms with E-state index in [1.54, 1.807) is 12.3 Å². The zero-order valence-electron chi connectivity index (χ0n) is 16.8. The highest BCUT2D eigenvalue weighted by atomic mass is 35.5. The molecule has 1 aliphatic rings. The zero-order chi connectivity index (χ0) is 22.1. The number of amides is 1.